The maximum atomic E-state index is 4.57. The average Bonchev–Trinajstić information content (AvgIpc) is 2.35. The van der Waals surface area contributed by atoms with E-state index in [1.165, 1.54) is 0 Å². The van der Waals surface area contributed by atoms with Gasteiger partial charge in [0.1, 0.15) is 5.82 Å². The monoisotopic (exact) mass is 250 g/mol. The standard InChI is InChI=1S/C14H26N4/c1-6-18(12(2)10-17(4)5)11-13-8-7-9-14(15-3)16-13/h7-9,12H,6,10-11H2,1-5H3,(H,15,16). The molecule has 1 heterocycles. The Balaban J connectivity index is 2.66. The van der Waals surface area contributed by atoms with Crippen LogP contribution in [0.3, 0.4) is 0 Å². The van der Waals surface area contributed by atoms with E-state index in [-0.39, 0.29) is 0 Å². The van der Waals surface area contributed by atoms with Crippen LogP contribution in [0.5, 0.6) is 0 Å². The lowest BCUT2D eigenvalue weighted by Gasteiger charge is -2.29. The van der Waals surface area contributed by atoms with E-state index < -0.39 is 0 Å². The highest BCUT2D eigenvalue weighted by Gasteiger charge is 2.13. The van der Waals surface area contributed by atoms with E-state index in [0.717, 1.165) is 31.1 Å². The van der Waals surface area contributed by atoms with Gasteiger partial charge in [0.2, 0.25) is 0 Å². The molecule has 102 valence electrons. The molecule has 1 rings (SSSR count). The average molecular weight is 250 g/mol. The highest BCUT2D eigenvalue weighted by atomic mass is 15.2. The summed E-state index contributed by atoms with van der Waals surface area (Å²) in [4.78, 5) is 9.25. The summed E-state index contributed by atoms with van der Waals surface area (Å²) in [5, 5.41) is 3.08. The molecule has 1 N–H and O–H groups in total. The van der Waals surface area contributed by atoms with Crippen molar-refractivity contribution in [1.82, 2.24) is 14.8 Å². The molecular formula is C14H26N4. The number of rotatable bonds is 7. The van der Waals surface area contributed by atoms with E-state index in [9.17, 15) is 0 Å². The molecule has 1 aromatic rings. The van der Waals surface area contributed by atoms with Crippen LogP contribution in [0.2, 0.25) is 0 Å². The molecule has 0 radical (unpaired) electrons. The summed E-state index contributed by atoms with van der Waals surface area (Å²) in [5.74, 6) is 0.934. The van der Waals surface area contributed by atoms with Crippen molar-refractivity contribution >= 4 is 5.82 Å². The van der Waals surface area contributed by atoms with Crippen molar-refractivity contribution in [3.8, 4) is 0 Å². The van der Waals surface area contributed by atoms with Gasteiger partial charge in [-0.25, -0.2) is 4.98 Å². The molecule has 18 heavy (non-hydrogen) atoms. The number of hydrogen-bond donors (Lipinski definition) is 1. The lowest BCUT2D eigenvalue weighted by Crippen LogP contribution is -2.39. The van der Waals surface area contributed by atoms with Crippen molar-refractivity contribution in [2.45, 2.75) is 26.4 Å². The van der Waals surface area contributed by atoms with Crippen LogP contribution >= 0.6 is 0 Å². The molecule has 0 saturated heterocycles. The second-order valence-corrected chi connectivity index (χ2v) is 4.94. The Bertz CT molecular complexity index is 351. The first kappa shape index (κ1) is 14.9. The molecule has 4 heteroatoms. The highest BCUT2D eigenvalue weighted by Crippen LogP contribution is 2.09. The van der Waals surface area contributed by atoms with Crippen LogP contribution in [0, 0.1) is 0 Å². The summed E-state index contributed by atoms with van der Waals surface area (Å²) in [6.45, 7) is 7.49. The van der Waals surface area contributed by atoms with E-state index in [1.54, 1.807) is 0 Å². The normalized spacial score (nSPS) is 13.1. The Labute approximate surface area is 111 Å². The minimum atomic E-state index is 0.532. The minimum absolute atomic E-state index is 0.532. The summed E-state index contributed by atoms with van der Waals surface area (Å²) >= 11 is 0. The van der Waals surface area contributed by atoms with Crippen molar-refractivity contribution < 1.29 is 0 Å². The molecule has 0 bridgehead atoms. The number of anilines is 1. The zero-order valence-electron chi connectivity index (χ0n) is 12.3. The third kappa shape index (κ3) is 4.63. The van der Waals surface area contributed by atoms with Gasteiger partial charge in [0.05, 0.1) is 5.69 Å². The zero-order valence-corrected chi connectivity index (χ0v) is 12.3. The first-order chi connectivity index (χ1) is 8.56. The Morgan fingerprint density at radius 3 is 2.61 bits per heavy atom. The van der Waals surface area contributed by atoms with Gasteiger partial charge < -0.3 is 10.2 Å². The van der Waals surface area contributed by atoms with Gasteiger partial charge in [-0.2, -0.15) is 0 Å². The molecule has 0 saturated carbocycles. The molecule has 0 aromatic carbocycles. The van der Waals surface area contributed by atoms with E-state index in [1.807, 2.05) is 13.1 Å². The fourth-order valence-electron chi connectivity index (χ4n) is 2.14. The molecule has 4 nitrogen and oxygen atoms in total. The molecule has 1 unspecified atom stereocenters. The van der Waals surface area contributed by atoms with Crippen molar-refractivity contribution in [3.05, 3.63) is 23.9 Å². The number of nitrogens with zero attached hydrogens (tertiary/aromatic N) is 3. The lowest BCUT2D eigenvalue weighted by atomic mass is 10.2. The fraction of sp³-hybridized carbons (Fsp3) is 0.643. The molecular weight excluding hydrogens is 224 g/mol. The highest BCUT2D eigenvalue weighted by molar-refractivity contribution is 5.34. The number of nitrogens with one attached hydrogen (secondary N) is 1. The summed E-state index contributed by atoms with van der Waals surface area (Å²) < 4.78 is 0. The van der Waals surface area contributed by atoms with E-state index in [2.05, 4.69) is 60.2 Å². The maximum absolute atomic E-state index is 4.57. The zero-order chi connectivity index (χ0) is 13.5. The van der Waals surface area contributed by atoms with Gasteiger partial charge in [-0.15, -0.1) is 0 Å². The van der Waals surface area contributed by atoms with Gasteiger partial charge in [-0.1, -0.05) is 13.0 Å². The smallest absolute Gasteiger partial charge is 0.126 e. The van der Waals surface area contributed by atoms with Gasteiger partial charge in [0.15, 0.2) is 0 Å². The Morgan fingerprint density at radius 2 is 2.06 bits per heavy atom. The van der Waals surface area contributed by atoms with Crippen molar-refractivity contribution in [1.29, 1.82) is 0 Å². The van der Waals surface area contributed by atoms with Crippen LogP contribution < -0.4 is 5.32 Å². The predicted octanol–water partition coefficient (Wildman–Crippen LogP) is 1.90. The maximum Gasteiger partial charge on any atom is 0.126 e. The van der Waals surface area contributed by atoms with E-state index >= 15 is 0 Å². The number of likely N-dealkylation sites (N-methyl/N-ethyl adjacent to an activating group) is 2. The Morgan fingerprint density at radius 1 is 1.33 bits per heavy atom. The van der Waals surface area contributed by atoms with Crippen LogP contribution in [0.15, 0.2) is 18.2 Å². The van der Waals surface area contributed by atoms with E-state index in [0.29, 0.717) is 6.04 Å². The predicted molar refractivity (Wildman–Crippen MR) is 77.9 cm³/mol. The molecule has 0 aliphatic carbocycles. The molecule has 0 aliphatic rings. The minimum Gasteiger partial charge on any atom is -0.373 e. The van der Waals surface area contributed by atoms with Crippen molar-refractivity contribution in [3.63, 3.8) is 0 Å². The fourth-order valence-corrected chi connectivity index (χ4v) is 2.14. The van der Waals surface area contributed by atoms with Gasteiger partial charge in [-0.05, 0) is 39.7 Å². The van der Waals surface area contributed by atoms with Crippen molar-refractivity contribution in [2.24, 2.45) is 0 Å². The third-order valence-electron chi connectivity index (χ3n) is 3.09. The van der Waals surface area contributed by atoms with Gasteiger partial charge in [0.25, 0.3) is 0 Å². The number of pyridine rings is 1. The molecule has 0 amide bonds. The molecule has 1 aromatic heterocycles. The lowest BCUT2D eigenvalue weighted by molar-refractivity contribution is 0.172. The summed E-state index contributed by atoms with van der Waals surface area (Å²) in [5.41, 5.74) is 1.12. The van der Waals surface area contributed by atoms with Gasteiger partial charge in [-0.3, -0.25) is 4.90 Å². The second-order valence-electron chi connectivity index (χ2n) is 4.94. The van der Waals surface area contributed by atoms with E-state index in [4.69, 9.17) is 0 Å². The van der Waals surface area contributed by atoms with Crippen LogP contribution in [0.4, 0.5) is 5.82 Å². The number of hydrogen-bond acceptors (Lipinski definition) is 4. The largest absolute Gasteiger partial charge is 0.373 e. The van der Waals surface area contributed by atoms with Crippen LogP contribution in [-0.2, 0) is 6.54 Å². The molecule has 0 aliphatic heterocycles. The molecule has 0 spiro atoms. The van der Waals surface area contributed by atoms with Crippen LogP contribution in [0.1, 0.15) is 19.5 Å². The summed E-state index contributed by atoms with van der Waals surface area (Å²) in [7, 11) is 6.13. The summed E-state index contributed by atoms with van der Waals surface area (Å²) in [6, 6.07) is 6.66. The first-order valence-electron chi connectivity index (χ1n) is 6.59. The van der Waals surface area contributed by atoms with Crippen LogP contribution in [-0.4, -0.2) is 55.1 Å². The molecule has 1 atom stereocenters. The Kier molecular flexibility index (Phi) is 6.09. The second kappa shape index (κ2) is 7.34. The van der Waals surface area contributed by atoms with Crippen molar-refractivity contribution in [2.75, 3.05) is 39.5 Å². The summed E-state index contributed by atoms with van der Waals surface area (Å²) in [6.07, 6.45) is 0. The topological polar surface area (TPSA) is 31.4 Å². The number of aromatic nitrogens is 1. The van der Waals surface area contributed by atoms with Crippen LogP contribution in [0.25, 0.3) is 0 Å². The molecule has 0 fully saturated rings. The van der Waals surface area contributed by atoms with Gasteiger partial charge >= 0.3 is 0 Å². The Hall–Kier alpha value is -1.13. The third-order valence-corrected chi connectivity index (χ3v) is 3.09. The first-order valence-corrected chi connectivity index (χ1v) is 6.59. The quantitative estimate of drug-likeness (QED) is 0.801. The van der Waals surface area contributed by atoms with Gasteiger partial charge in [0, 0.05) is 26.2 Å². The SMILES string of the molecule is CCN(Cc1cccc(NC)n1)C(C)CN(C)C.